The van der Waals surface area contributed by atoms with Crippen molar-refractivity contribution >= 4 is 17.5 Å². The molecule has 194 valence electrons. The quantitative estimate of drug-likeness (QED) is 0.472. The van der Waals surface area contributed by atoms with Gasteiger partial charge in [0.25, 0.3) is 5.91 Å². The van der Waals surface area contributed by atoms with Crippen LogP contribution in [-0.2, 0) is 17.6 Å². The van der Waals surface area contributed by atoms with E-state index in [-0.39, 0.29) is 20.7 Å². The van der Waals surface area contributed by atoms with Gasteiger partial charge in [-0.3, -0.25) is 9.59 Å². The minimum atomic E-state index is -0.439. The lowest BCUT2D eigenvalue weighted by atomic mass is 9.91. The lowest BCUT2D eigenvalue weighted by molar-refractivity contribution is -0.121. The summed E-state index contributed by atoms with van der Waals surface area (Å²) in [4.78, 5) is 28.0. The van der Waals surface area contributed by atoms with E-state index in [0.717, 1.165) is 62.6 Å². The van der Waals surface area contributed by atoms with Gasteiger partial charge in [-0.25, -0.2) is 0 Å². The van der Waals surface area contributed by atoms with Crippen LogP contribution in [0.2, 0.25) is 0 Å². The fourth-order valence-corrected chi connectivity index (χ4v) is 4.87. The summed E-state index contributed by atoms with van der Waals surface area (Å²) in [5, 5.41) is 9.98. The second-order valence-electron chi connectivity index (χ2n) is 8.91. The summed E-state index contributed by atoms with van der Waals surface area (Å²) in [6.45, 7) is 0.740. The van der Waals surface area contributed by atoms with E-state index in [1.165, 1.54) is 5.56 Å². The van der Waals surface area contributed by atoms with Crippen molar-refractivity contribution < 1.29 is 17.5 Å². The van der Waals surface area contributed by atoms with Crippen LogP contribution in [-0.4, -0.2) is 47.6 Å². The van der Waals surface area contributed by atoms with Crippen molar-refractivity contribution in [2.24, 2.45) is 5.73 Å². The van der Waals surface area contributed by atoms with Crippen molar-refractivity contribution in [1.82, 2.24) is 4.90 Å². The predicted octanol–water partition coefficient (Wildman–Crippen LogP) is 4.92. The Morgan fingerprint density at radius 3 is 2.17 bits per heavy atom. The summed E-state index contributed by atoms with van der Waals surface area (Å²) in [6, 6.07) is 27.1. The number of rotatable bonds is 5. The van der Waals surface area contributed by atoms with Gasteiger partial charge in [0.1, 0.15) is 6.04 Å². The lowest BCUT2D eigenvalue weighted by Crippen LogP contribution is -2.55. The van der Waals surface area contributed by atoms with E-state index in [0.29, 0.717) is 6.42 Å². The Morgan fingerprint density at radius 1 is 0.944 bits per heavy atom. The molecule has 0 spiro atoms. The molecule has 0 bridgehead atoms. The Labute approximate surface area is 217 Å². The standard InChI is InChI=1S/C21H22N2O2.C8H11N.CH4O.2H2/c24-20(22-16-9-2-1-3-10-16)19-14-15-8-4-7-13-18(15)21(25)23(19)17-11-5-6-12-17;9-7-6-8-4-2-1-3-5-8;1-2;;/h1-4,7-10,13,17,19H,5-6,11-12,14H2,(H,22,24);1-5H,6-7,9H2;2H,1H3;2*1H/t19-;;;;/m1..../s1. The molecule has 1 fully saturated rings. The Kier molecular flexibility index (Phi) is 10.7. The molecule has 1 aliphatic heterocycles. The molecule has 0 unspecified atom stereocenters. The number of hydrogen-bond acceptors (Lipinski definition) is 4. The number of aliphatic hydroxyl groups excluding tert-OH is 1. The number of nitrogens with two attached hydrogens (primary N) is 1. The van der Waals surface area contributed by atoms with Gasteiger partial charge in [0.15, 0.2) is 0 Å². The average molecular weight is 492 g/mol. The zero-order chi connectivity index (χ0) is 25.8. The molecule has 2 amide bonds. The molecule has 1 atom stereocenters. The van der Waals surface area contributed by atoms with Gasteiger partial charge < -0.3 is 21.1 Å². The van der Waals surface area contributed by atoms with Crippen molar-refractivity contribution in [3.8, 4) is 0 Å². The smallest absolute Gasteiger partial charge is 0.255 e. The first-order valence-corrected chi connectivity index (χ1v) is 12.6. The Balaban J connectivity index is 0.000000473. The summed E-state index contributed by atoms with van der Waals surface area (Å²) in [5.41, 5.74) is 9.16. The molecule has 0 saturated heterocycles. The van der Waals surface area contributed by atoms with Crippen LogP contribution in [0.4, 0.5) is 5.69 Å². The van der Waals surface area contributed by atoms with Crippen molar-refractivity contribution in [1.29, 1.82) is 0 Å². The number of benzene rings is 3. The topological polar surface area (TPSA) is 95.7 Å². The normalized spacial score (nSPS) is 16.7. The maximum Gasteiger partial charge on any atom is 0.255 e. The molecule has 6 nitrogen and oxygen atoms in total. The highest BCUT2D eigenvalue weighted by molar-refractivity contribution is 6.04. The second kappa shape index (κ2) is 14.2. The van der Waals surface area contributed by atoms with Crippen LogP contribution in [0.1, 0.15) is 50.0 Å². The molecule has 5 rings (SSSR count). The largest absolute Gasteiger partial charge is 0.400 e. The lowest BCUT2D eigenvalue weighted by Gasteiger charge is -2.39. The number of para-hydroxylation sites is 1. The van der Waals surface area contributed by atoms with Crippen molar-refractivity contribution in [2.75, 3.05) is 19.0 Å². The molecule has 2 aliphatic rings. The van der Waals surface area contributed by atoms with Gasteiger partial charge in [-0.05, 0) is 55.1 Å². The van der Waals surface area contributed by atoms with E-state index < -0.39 is 6.04 Å². The molecule has 1 aliphatic carbocycles. The van der Waals surface area contributed by atoms with Gasteiger partial charge >= 0.3 is 0 Å². The van der Waals surface area contributed by atoms with E-state index in [9.17, 15) is 9.59 Å². The third-order valence-electron chi connectivity index (χ3n) is 6.57. The van der Waals surface area contributed by atoms with Gasteiger partial charge in [0.2, 0.25) is 5.91 Å². The van der Waals surface area contributed by atoms with Crippen LogP contribution in [0.25, 0.3) is 0 Å². The highest BCUT2D eigenvalue weighted by Gasteiger charge is 2.41. The Morgan fingerprint density at radius 2 is 1.53 bits per heavy atom. The first-order valence-electron chi connectivity index (χ1n) is 12.6. The minimum absolute atomic E-state index is 0. The zero-order valence-corrected chi connectivity index (χ0v) is 21.0. The number of nitrogens with one attached hydrogen (secondary N) is 1. The second-order valence-corrected chi connectivity index (χ2v) is 8.91. The highest BCUT2D eigenvalue weighted by atomic mass is 16.2. The molecular weight excluding hydrogens is 450 g/mol. The molecule has 3 aromatic rings. The van der Waals surface area contributed by atoms with Gasteiger partial charge in [-0.1, -0.05) is 79.6 Å². The molecule has 0 radical (unpaired) electrons. The minimum Gasteiger partial charge on any atom is -0.400 e. The number of amides is 2. The maximum atomic E-state index is 13.1. The summed E-state index contributed by atoms with van der Waals surface area (Å²) in [5.74, 6) is -0.0945. The third kappa shape index (κ3) is 7.03. The summed E-state index contributed by atoms with van der Waals surface area (Å²) in [7, 11) is 1.00. The number of fused-ring (bicyclic) bond motifs is 1. The molecule has 1 heterocycles. The molecule has 3 aromatic carbocycles. The molecule has 36 heavy (non-hydrogen) atoms. The van der Waals surface area contributed by atoms with Crippen LogP contribution in [0.3, 0.4) is 0 Å². The number of anilines is 1. The van der Waals surface area contributed by atoms with E-state index in [2.05, 4.69) is 17.4 Å². The van der Waals surface area contributed by atoms with Crippen LogP contribution in [0.5, 0.6) is 0 Å². The van der Waals surface area contributed by atoms with Gasteiger partial charge in [0, 0.05) is 33.7 Å². The summed E-state index contributed by atoms with van der Waals surface area (Å²) in [6.07, 6.45) is 5.80. The van der Waals surface area contributed by atoms with E-state index in [1.54, 1.807) is 0 Å². The summed E-state index contributed by atoms with van der Waals surface area (Å²) < 4.78 is 0. The fourth-order valence-electron chi connectivity index (χ4n) is 4.87. The third-order valence-corrected chi connectivity index (χ3v) is 6.57. The van der Waals surface area contributed by atoms with E-state index in [1.807, 2.05) is 77.7 Å². The highest BCUT2D eigenvalue weighted by Crippen LogP contribution is 2.32. The maximum absolute atomic E-state index is 13.1. The van der Waals surface area contributed by atoms with E-state index >= 15 is 0 Å². The summed E-state index contributed by atoms with van der Waals surface area (Å²) >= 11 is 0. The molecule has 0 aromatic heterocycles. The van der Waals surface area contributed by atoms with Gasteiger partial charge in [-0.2, -0.15) is 0 Å². The van der Waals surface area contributed by atoms with E-state index in [4.69, 9.17) is 10.8 Å². The Hall–Kier alpha value is -3.48. The number of nitrogens with zero attached hydrogens (tertiary/aromatic N) is 1. The van der Waals surface area contributed by atoms with Crippen LogP contribution >= 0.6 is 0 Å². The van der Waals surface area contributed by atoms with Crippen LogP contribution < -0.4 is 11.1 Å². The van der Waals surface area contributed by atoms with Crippen LogP contribution in [0, 0.1) is 0 Å². The first kappa shape index (κ1) is 27.1. The van der Waals surface area contributed by atoms with Gasteiger partial charge in [-0.15, -0.1) is 0 Å². The number of hydrogen-bond donors (Lipinski definition) is 3. The predicted molar refractivity (Wildman–Crippen MR) is 149 cm³/mol. The van der Waals surface area contributed by atoms with Gasteiger partial charge in [0.05, 0.1) is 0 Å². The van der Waals surface area contributed by atoms with Crippen molar-refractivity contribution in [2.45, 2.75) is 50.6 Å². The average Bonchev–Trinajstić information content (AvgIpc) is 3.46. The van der Waals surface area contributed by atoms with Crippen molar-refractivity contribution in [3.63, 3.8) is 0 Å². The molecule has 4 N–H and O–H groups in total. The first-order chi connectivity index (χ1) is 17.7. The fraction of sp³-hybridized carbons (Fsp3) is 0.333. The number of carbonyl (C=O) groups is 2. The van der Waals surface area contributed by atoms with Crippen LogP contribution in [0.15, 0.2) is 84.9 Å². The SMILES string of the molecule is CO.NCCc1ccccc1.O=C(Nc1ccccc1)[C@H]1Cc2ccccc2C(=O)N1C1CCCC1.[HH].[HH]. The number of carbonyl (C=O) groups excluding carboxylic acids is 2. The Bertz CT molecular complexity index is 1090. The molecule has 1 saturated carbocycles. The molecule has 6 heteroatoms. The molecular formula is C30H41N3O3. The monoisotopic (exact) mass is 491 g/mol. The zero-order valence-electron chi connectivity index (χ0n) is 21.0. The van der Waals surface area contributed by atoms with Crippen molar-refractivity contribution in [3.05, 3.63) is 102 Å². The number of aliphatic hydroxyl groups is 1.